The summed E-state index contributed by atoms with van der Waals surface area (Å²) in [5.41, 5.74) is 1.98. The van der Waals surface area contributed by atoms with Crippen LogP contribution in [0.25, 0.3) is 5.69 Å². The van der Waals surface area contributed by atoms with Gasteiger partial charge >= 0.3 is 0 Å². The summed E-state index contributed by atoms with van der Waals surface area (Å²) in [4.78, 5) is 0. The van der Waals surface area contributed by atoms with Gasteiger partial charge < -0.3 is 0 Å². The Kier molecular flexibility index (Phi) is 3.36. The van der Waals surface area contributed by atoms with Crippen LogP contribution in [0.4, 0.5) is 0 Å². The molecule has 1 aromatic carbocycles. The fourth-order valence-electron chi connectivity index (χ4n) is 1.42. The van der Waals surface area contributed by atoms with Gasteiger partial charge in [-0.05, 0) is 36.2 Å². The van der Waals surface area contributed by atoms with Crippen LogP contribution in [-0.4, -0.2) is 9.78 Å². The second-order valence-corrected chi connectivity index (χ2v) is 5.24. The van der Waals surface area contributed by atoms with Gasteiger partial charge in [-0.1, -0.05) is 41.4 Å². The molecule has 16 heavy (non-hydrogen) atoms. The van der Waals surface area contributed by atoms with Crippen molar-refractivity contribution in [2.75, 3.05) is 0 Å². The number of hydrogen-bond acceptors (Lipinski definition) is 1. The van der Waals surface area contributed by atoms with Crippen molar-refractivity contribution in [3.05, 3.63) is 45.7 Å². The second-order valence-electron chi connectivity index (χ2n) is 3.93. The monoisotopic (exact) mass is 298 g/mol. The lowest BCUT2D eigenvalue weighted by atomic mass is 10.1. The van der Waals surface area contributed by atoms with Crippen LogP contribution >= 0.6 is 27.5 Å². The molecule has 4 heteroatoms. The normalized spacial score (nSPS) is 11.1. The van der Waals surface area contributed by atoms with E-state index in [1.54, 1.807) is 4.68 Å². The maximum Gasteiger partial charge on any atom is 0.133 e. The van der Waals surface area contributed by atoms with E-state index in [1.807, 2.05) is 30.3 Å². The molecule has 0 unspecified atom stereocenters. The number of nitrogens with zero attached hydrogens (tertiary/aromatic N) is 2. The van der Waals surface area contributed by atoms with Crippen molar-refractivity contribution in [3.8, 4) is 5.69 Å². The van der Waals surface area contributed by atoms with E-state index in [2.05, 4.69) is 34.9 Å². The number of rotatable bonds is 2. The van der Waals surface area contributed by atoms with Crippen LogP contribution in [0.3, 0.4) is 0 Å². The van der Waals surface area contributed by atoms with Crippen LogP contribution in [-0.2, 0) is 0 Å². The number of benzene rings is 1. The Morgan fingerprint density at radius 3 is 2.38 bits per heavy atom. The molecule has 0 saturated carbocycles. The van der Waals surface area contributed by atoms with Crippen molar-refractivity contribution in [3.63, 3.8) is 0 Å². The van der Waals surface area contributed by atoms with Crippen molar-refractivity contribution >= 4 is 27.5 Å². The maximum atomic E-state index is 6.15. The highest BCUT2D eigenvalue weighted by Gasteiger charge is 2.09. The lowest BCUT2D eigenvalue weighted by Gasteiger charge is -2.03. The molecule has 0 amide bonds. The smallest absolute Gasteiger partial charge is 0.133 e. The third-order valence-electron chi connectivity index (χ3n) is 2.35. The summed E-state index contributed by atoms with van der Waals surface area (Å²) in [7, 11) is 0. The molecule has 0 saturated heterocycles. The molecule has 2 aromatic rings. The highest BCUT2D eigenvalue weighted by Crippen LogP contribution is 2.22. The fraction of sp³-hybridized carbons (Fsp3) is 0.250. The molecular formula is C12H12BrClN2. The molecule has 0 aliphatic rings. The Hall–Kier alpha value is -0.800. The molecule has 1 aromatic heterocycles. The van der Waals surface area contributed by atoms with E-state index in [0.717, 1.165) is 15.9 Å². The number of aromatic nitrogens is 2. The van der Waals surface area contributed by atoms with Gasteiger partial charge in [-0.2, -0.15) is 5.10 Å². The van der Waals surface area contributed by atoms with Gasteiger partial charge in [0.15, 0.2) is 0 Å². The first-order chi connectivity index (χ1) is 7.58. The lowest BCUT2D eigenvalue weighted by molar-refractivity contribution is 0.768. The van der Waals surface area contributed by atoms with E-state index in [1.165, 1.54) is 0 Å². The van der Waals surface area contributed by atoms with Crippen LogP contribution in [0.15, 0.2) is 34.8 Å². The first-order valence-electron chi connectivity index (χ1n) is 5.09. The van der Waals surface area contributed by atoms with Gasteiger partial charge in [-0.15, -0.1) is 0 Å². The average Bonchev–Trinajstić information content (AvgIpc) is 2.62. The first kappa shape index (κ1) is 11.7. The van der Waals surface area contributed by atoms with Gasteiger partial charge in [0.25, 0.3) is 0 Å². The summed E-state index contributed by atoms with van der Waals surface area (Å²) in [6.07, 6.45) is 0. The van der Waals surface area contributed by atoms with E-state index >= 15 is 0 Å². The van der Waals surface area contributed by atoms with Gasteiger partial charge in [0.2, 0.25) is 0 Å². The van der Waals surface area contributed by atoms with Gasteiger partial charge in [-0.3, -0.25) is 0 Å². The quantitative estimate of drug-likeness (QED) is 0.803. The SMILES string of the molecule is CC(C)c1cc(Cl)n(-c2ccc(Br)cc2)n1. The van der Waals surface area contributed by atoms with Crippen LogP contribution in [0.5, 0.6) is 0 Å². The molecule has 1 heterocycles. The molecule has 0 N–H and O–H groups in total. The third kappa shape index (κ3) is 2.30. The van der Waals surface area contributed by atoms with Crippen molar-refractivity contribution in [2.24, 2.45) is 0 Å². The Balaban J connectivity index is 2.44. The zero-order chi connectivity index (χ0) is 11.7. The minimum atomic E-state index is 0.384. The van der Waals surface area contributed by atoms with Crippen LogP contribution in [0, 0.1) is 0 Å². The van der Waals surface area contributed by atoms with E-state index in [9.17, 15) is 0 Å². The van der Waals surface area contributed by atoms with E-state index in [4.69, 9.17) is 11.6 Å². The molecular weight excluding hydrogens is 288 g/mol. The Labute approximate surface area is 108 Å². The average molecular weight is 300 g/mol. The van der Waals surface area contributed by atoms with Crippen molar-refractivity contribution in [2.45, 2.75) is 19.8 Å². The van der Waals surface area contributed by atoms with Crippen LogP contribution in [0.1, 0.15) is 25.5 Å². The van der Waals surface area contributed by atoms with Crippen molar-refractivity contribution in [1.82, 2.24) is 9.78 Å². The number of hydrogen-bond donors (Lipinski definition) is 0. The van der Waals surface area contributed by atoms with Gasteiger partial charge in [0, 0.05) is 4.47 Å². The largest absolute Gasteiger partial charge is 0.222 e. The predicted octanol–water partition coefficient (Wildman–Crippen LogP) is 4.41. The molecule has 2 rings (SSSR count). The fourth-order valence-corrected chi connectivity index (χ4v) is 1.93. The van der Waals surface area contributed by atoms with Gasteiger partial charge in [-0.25, -0.2) is 4.68 Å². The predicted molar refractivity (Wildman–Crippen MR) is 70.4 cm³/mol. The summed E-state index contributed by atoms with van der Waals surface area (Å²) in [5, 5.41) is 5.12. The molecule has 0 radical (unpaired) electrons. The molecule has 0 fully saturated rings. The zero-order valence-corrected chi connectivity index (χ0v) is 11.5. The Morgan fingerprint density at radius 2 is 1.88 bits per heavy atom. The molecule has 0 aliphatic carbocycles. The molecule has 84 valence electrons. The Morgan fingerprint density at radius 1 is 1.25 bits per heavy atom. The highest BCUT2D eigenvalue weighted by atomic mass is 79.9. The summed E-state index contributed by atoms with van der Waals surface area (Å²) in [6.45, 7) is 4.20. The first-order valence-corrected chi connectivity index (χ1v) is 6.26. The molecule has 0 bridgehead atoms. The second kappa shape index (κ2) is 4.60. The highest BCUT2D eigenvalue weighted by molar-refractivity contribution is 9.10. The standard InChI is InChI=1S/C12H12BrClN2/c1-8(2)11-7-12(14)16(15-11)10-5-3-9(13)4-6-10/h3-8H,1-2H3. The van der Waals surface area contributed by atoms with Crippen molar-refractivity contribution < 1.29 is 0 Å². The summed E-state index contributed by atoms with van der Waals surface area (Å²) in [6, 6.07) is 9.82. The molecule has 2 nitrogen and oxygen atoms in total. The minimum Gasteiger partial charge on any atom is -0.222 e. The third-order valence-corrected chi connectivity index (χ3v) is 3.15. The zero-order valence-electron chi connectivity index (χ0n) is 9.11. The molecule has 0 aliphatic heterocycles. The topological polar surface area (TPSA) is 17.8 Å². The van der Waals surface area contributed by atoms with Gasteiger partial charge in [0.05, 0.1) is 11.4 Å². The van der Waals surface area contributed by atoms with E-state index in [-0.39, 0.29) is 0 Å². The minimum absolute atomic E-state index is 0.384. The summed E-state index contributed by atoms with van der Waals surface area (Å²) < 4.78 is 2.80. The summed E-state index contributed by atoms with van der Waals surface area (Å²) in [5.74, 6) is 0.384. The number of halogens is 2. The Bertz CT molecular complexity index is 488. The van der Waals surface area contributed by atoms with E-state index in [0.29, 0.717) is 11.1 Å². The van der Waals surface area contributed by atoms with E-state index < -0.39 is 0 Å². The van der Waals surface area contributed by atoms with Crippen LogP contribution in [0.2, 0.25) is 5.15 Å². The van der Waals surface area contributed by atoms with Crippen LogP contribution < -0.4 is 0 Å². The van der Waals surface area contributed by atoms with Crippen molar-refractivity contribution in [1.29, 1.82) is 0 Å². The lowest BCUT2D eigenvalue weighted by Crippen LogP contribution is -1.97. The molecule has 0 spiro atoms. The summed E-state index contributed by atoms with van der Waals surface area (Å²) >= 11 is 9.55. The van der Waals surface area contributed by atoms with Gasteiger partial charge in [0.1, 0.15) is 5.15 Å². The molecule has 0 atom stereocenters. The maximum absolute atomic E-state index is 6.15.